The molecule has 2 aromatic carbocycles. The zero-order chi connectivity index (χ0) is 31.5. The van der Waals surface area contributed by atoms with Crippen molar-refractivity contribution in [3.05, 3.63) is 58.1 Å². The number of hydrogen-bond donors (Lipinski definition) is 3. The summed E-state index contributed by atoms with van der Waals surface area (Å²) in [5.41, 5.74) is 0.0468. The molecule has 0 radical (unpaired) electrons. The highest BCUT2D eigenvalue weighted by molar-refractivity contribution is 7.93. The number of sulfonamides is 1. The summed E-state index contributed by atoms with van der Waals surface area (Å²) >= 11 is 6.88. The molecule has 3 aromatic rings. The Morgan fingerprint density at radius 1 is 1.23 bits per heavy atom. The molecule has 1 aliphatic rings. The maximum absolute atomic E-state index is 15.6. The maximum Gasteiger partial charge on any atom is 0.407 e. The third kappa shape index (κ3) is 7.22. The van der Waals surface area contributed by atoms with Crippen molar-refractivity contribution in [3.63, 3.8) is 0 Å². The number of aliphatic hydroxyl groups is 1. The summed E-state index contributed by atoms with van der Waals surface area (Å²) in [4.78, 5) is 15.8. The largest absolute Gasteiger partial charge is 0.497 e. The van der Waals surface area contributed by atoms with Crippen molar-refractivity contribution in [1.82, 2.24) is 9.88 Å². The molecule has 43 heavy (non-hydrogen) atoms. The van der Waals surface area contributed by atoms with Gasteiger partial charge in [0, 0.05) is 31.8 Å². The second-order valence-electron chi connectivity index (χ2n) is 10.2. The SMILES string of the molecule is COc1ccc(CN(c2ncc(F)s2)S(=O)(=O)c2cc(Cl)c(NCC(CC3(CO)CC3)N(C)C(=O)O)cc2F)c(OC)c1. The van der Waals surface area contributed by atoms with Crippen LogP contribution >= 0.6 is 22.9 Å². The third-order valence-electron chi connectivity index (χ3n) is 7.42. The molecule has 1 saturated carbocycles. The van der Waals surface area contributed by atoms with Gasteiger partial charge in [0.25, 0.3) is 10.0 Å². The number of thiazole rings is 1. The molecule has 4 rings (SSSR count). The Hall–Kier alpha value is -3.40. The fraction of sp³-hybridized carbons (Fsp3) is 0.407. The lowest BCUT2D eigenvalue weighted by molar-refractivity contribution is 0.120. The van der Waals surface area contributed by atoms with Crippen molar-refractivity contribution in [2.75, 3.05) is 44.0 Å². The van der Waals surface area contributed by atoms with E-state index in [0.29, 0.717) is 29.1 Å². The number of benzene rings is 2. The first-order valence-electron chi connectivity index (χ1n) is 13.0. The Morgan fingerprint density at radius 3 is 2.51 bits per heavy atom. The number of carbonyl (C=O) groups is 1. The van der Waals surface area contributed by atoms with Gasteiger partial charge in [-0.1, -0.05) is 22.9 Å². The Kier molecular flexibility index (Phi) is 9.89. The molecular weight excluding hydrogens is 630 g/mol. The molecule has 234 valence electrons. The fourth-order valence-corrected chi connectivity index (χ4v) is 7.19. The first-order chi connectivity index (χ1) is 20.3. The molecule has 1 aliphatic carbocycles. The number of halogens is 3. The number of anilines is 2. The van der Waals surface area contributed by atoms with E-state index in [1.54, 1.807) is 18.2 Å². The average molecular weight is 661 g/mol. The number of carboxylic acid groups (broad SMARTS) is 1. The lowest BCUT2D eigenvalue weighted by Gasteiger charge is -2.29. The summed E-state index contributed by atoms with van der Waals surface area (Å²) < 4.78 is 68.6. The lowest BCUT2D eigenvalue weighted by atomic mass is 9.97. The summed E-state index contributed by atoms with van der Waals surface area (Å²) in [5, 5.41) is 21.0. The Morgan fingerprint density at radius 2 is 1.95 bits per heavy atom. The van der Waals surface area contributed by atoms with E-state index in [9.17, 15) is 27.8 Å². The van der Waals surface area contributed by atoms with Gasteiger partial charge < -0.3 is 29.9 Å². The van der Waals surface area contributed by atoms with Crippen LogP contribution in [0.3, 0.4) is 0 Å². The first-order valence-corrected chi connectivity index (χ1v) is 15.6. The van der Waals surface area contributed by atoms with E-state index in [1.165, 1.54) is 21.3 Å². The van der Waals surface area contributed by atoms with Gasteiger partial charge in [0.05, 0.1) is 43.7 Å². The van der Waals surface area contributed by atoms with Gasteiger partial charge in [0.1, 0.15) is 22.2 Å². The highest BCUT2D eigenvalue weighted by Crippen LogP contribution is 2.49. The van der Waals surface area contributed by atoms with E-state index in [2.05, 4.69) is 10.3 Å². The van der Waals surface area contributed by atoms with Crippen molar-refractivity contribution in [1.29, 1.82) is 0 Å². The highest BCUT2D eigenvalue weighted by Gasteiger charge is 2.44. The summed E-state index contributed by atoms with van der Waals surface area (Å²) in [6.07, 6.45) is 1.58. The van der Waals surface area contributed by atoms with E-state index < -0.39 is 38.0 Å². The van der Waals surface area contributed by atoms with Gasteiger partial charge in [0.15, 0.2) is 5.13 Å². The summed E-state index contributed by atoms with van der Waals surface area (Å²) in [6, 6.07) is 5.95. The topological polar surface area (TPSA) is 142 Å². The van der Waals surface area contributed by atoms with E-state index in [4.69, 9.17) is 21.1 Å². The maximum atomic E-state index is 15.6. The van der Waals surface area contributed by atoms with Crippen molar-refractivity contribution < 1.29 is 41.7 Å². The highest BCUT2D eigenvalue weighted by atomic mass is 35.5. The molecule has 1 unspecified atom stereocenters. The smallest absolute Gasteiger partial charge is 0.407 e. The molecule has 1 fully saturated rings. The van der Waals surface area contributed by atoms with E-state index in [0.717, 1.165) is 40.4 Å². The minimum Gasteiger partial charge on any atom is -0.497 e. The van der Waals surface area contributed by atoms with Gasteiger partial charge in [0.2, 0.25) is 5.13 Å². The van der Waals surface area contributed by atoms with Crippen molar-refractivity contribution in [2.45, 2.75) is 36.7 Å². The molecule has 1 aromatic heterocycles. The standard InChI is InChI=1S/C27H31ClF2N4O7S2/c1-33(26(36)37)17(11-27(15-35)6-7-27)12-31-21-10-20(29)23(9-19(21)28)43(38,39)34(25-32-13-24(30)42-25)14-16-4-5-18(40-2)8-22(16)41-3/h4-5,8-10,13,17,31,35H,6-7,11-12,14-15H2,1-3H3,(H,36,37). The molecule has 1 atom stereocenters. The summed E-state index contributed by atoms with van der Waals surface area (Å²) in [5.74, 6) is -0.408. The van der Waals surface area contributed by atoms with Crippen LogP contribution in [-0.4, -0.2) is 75.1 Å². The molecule has 0 saturated heterocycles. The van der Waals surface area contributed by atoms with Crippen LogP contribution in [0.2, 0.25) is 5.02 Å². The molecule has 1 heterocycles. The van der Waals surface area contributed by atoms with Crippen molar-refractivity contribution >= 4 is 49.9 Å². The van der Waals surface area contributed by atoms with Crippen LogP contribution < -0.4 is 19.1 Å². The van der Waals surface area contributed by atoms with Crippen LogP contribution in [0, 0.1) is 16.4 Å². The quantitative estimate of drug-likeness (QED) is 0.217. The number of rotatable bonds is 14. The van der Waals surface area contributed by atoms with Crippen LogP contribution in [0.25, 0.3) is 0 Å². The van der Waals surface area contributed by atoms with Gasteiger partial charge >= 0.3 is 6.09 Å². The number of nitrogens with one attached hydrogen (secondary N) is 1. The molecule has 1 amide bonds. The molecule has 0 aliphatic heterocycles. The molecular formula is C27H31ClF2N4O7S2. The Labute approximate surface area is 256 Å². The van der Waals surface area contributed by atoms with Crippen LogP contribution in [0.5, 0.6) is 11.5 Å². The van der Waals surface area contributed by atoms with Gasteiger partial charge in [-0.15, -0.1) is 0 Å². The minimum atomic E-state index is -4.70. The predicted molar refractivity (Wildman–Crippen MR) is 158 cm³/mol. The van der Waals surface area contributed by atoms with Crippen LogP contribution in [0.15, 0.2) is 41.4 Å². The predicted octanol–water partition coefficient (Wildman–Crippen LogP) is 5.04. The average Bonchev–Trinajstić information content (AvgIpc) is 3.64. The second kappa shape index (κ2) is 13.1. The Bertz CT molecular complexity index is 1590. The summed E-state index contributed by atoms with van der Waals surface area (Å²) in [7, 11) is -0.458. The second-order valence-corrected chi connectivity index (χ2v) is 13.4. The summed E-state index contributed by atoms with van der Waals surface area (Å²) in [6.45, 7) is -0.437. The normalized spacial score (nSPS) is 14.6. The van der Waals surface area contributed by atoms with Crippen molar-refractivity contribution in [3.8, 4) is 11.5 Å². The number of amides is 1. The molecule has 0 bridgehead atoms. The molecule has 0 spiro atoms. The molecule has 11 nitrogen and oxygen atoms in total. The first kappa shape index (κ1) is 32.5. The zero-order valence-electron chi connectivity index (χ0n) is 23.5. The zero-order valence-corrected chi connectivity index (χ0v) is 25.9. The molecule has 3 N–H and O–H groups in total. The van der Waals surface area contributed by atoms with Gasteiger partial charge in [-0.05, 0) is 48.9 Å². The number of aliphatic hydroxyl groups excluding tert-OH is 1. The van der Waals surface area contributed by atoms with E-state index in [1.807, 2.05) is 0 Å². The fourth-order valence-electron chi connectivity index (χ4n) is 4.57. The third-order valence-corrected chi connectivity index (χ3v) is 10.4. The Balaban J connectivity index is 1.65. The number of ether oxygens (including phenoxy) is 2. The van der Waals surface area contributed by atoms with E-state index >= 15 is 4.39 Å². The van der Waals surface area contributed by atoms with Crippen LogP contribution in [0.4, 0.5) is 24.4 Å². The molecule has 16 heteroatoms. The van der Waals surface area contributed by atoms with Gasteiger partial charge in [-0.3, -0.25) is 0 Å². The van der Waals surface area contributed by atoms with Crippen molar-refractivity contribution in [2.24, 2.45) is 5.41 Å². The van der Waals surface area contributed by atoms with Gasteiger partial charge in [-0.2, -0.15) is 4.39 Å². The number of methoxy groups -OCH3 is 2. The lowest BCUT2D eigenvalue weighted by Crippen LogP contribution is -2.42. The van der Waals surface area contributed by atoms with Gasteiger partial charge in [-0.25, -0.2) is 26.9 Å². The number of aromatic nitrogens is 1. The van der Waals surface area contributed by atoms with Crippen LogP contribution in [-0.2, 0) is 16.6 Å². The monoisotopic (exact) mass is 660 g/mol. The van der Waals surface area contributed by atoms with E-state index in [-0.39, 0.29) is 46.7 Å². The van der Waals surface area contributed by atoms with Crippen LogP contribution in [0.1, 0.15) is 24.8 Å². The minimum absolute atomic E-state index is 0.0254. The number of likely N-dealkylation sites (N-methyl/N-ethyl adjacent to an activating group) is 1. The number of nitrogens with zero attached hydrogens (tertiary/aromatic N) is 3. The number of hydrogen-bond acceptors (Lipinski definition) is 9.